The van der Waals surface area contributed by atoms with E-state index in [4.69, 9.17) is 32.7 Å². The summed E-state index contributed by atoms with van der Waals surface area (Å²) in [6, 6.07) is 7.88. The third kappa shape index (κ3) is 4.01. The topological polar surface area (TPSA) is 52.6 Å². The van der Waals surface area contributed by atoms with Gasteiger partial charge in [0.15, 0.2) is 0 Å². The standard InChI is InChI=1S/C30H36Cl2O4/c31-29-11-21-5-22(12-29)8-27(7-21,17-29)25(33)35-15-19-1-2-20(4-3-19)16-36-26(34)28-9-23-6-24(10-28)14-30(32,13-23)18-28/h1-4,21-24H,5-18H2/t21-,22-,23-,24-,27?,28?,29?,30?/m1/s1. The van der Waals surface area contributed by atoms with Gasteiger partial charge in [-0.2, -0.15) is 0 Å². The molecule has 0 aliphatic heterocycles. The summed E-state index contributed by atoms with van der Waals surface area (Å²) in [4.78, 5) is 26.0. The number of halogens is 2. The SMILES string of the molecule is O=C(OCc1ccc(COC(=O)C23C[C@H]4C[C@@H](CC(Cl)(C4)C2)C3)cc1)C12C[C@H]3C[C@@H](CC(Cl)(C3)C1)C2. The number of carbonyl (C=O) groups excluding carboxylic acids is 2. The fourth-order valence-corrected chi connectivity index (χ4v) is 11.5. The lowest BCUT2D eigenvalue weighted by Gasteiger charge is -2.58. The summed E-state index contributed by atoms with van der Waals surface area (Å²) in [7, 11) is 0. The first-order chi connectivity index (χ1) is 17.1. The third-order valence-electron chi connectivity index (χ3n) is 10.6. The first kappa shape index (κ1) is 23.8. The molecule has 8 aliphatic carbocycles. The van der Waals surface area contributed by atoms with Crippen LogP contribution in [-0.2, 0) is 32.3 Å². The molecule has 8 saturated carbocycles. The quantitative estimate of drug-likeness (QED) is 0.295. The van der Waals surface area contributed by atoms with Crippen LogP contribution in [0.15, 0.2) is 24.3 Å². The molecule has 4 nitrogen and oxygen atoms in total. The van der Waals surface area contributed by atoms with Gasteiger partial charge >= 0.3 is 11.9 Å². The van der Waals surface area contributed by atoms with Gasteiger partial charge < -0.3 is 9.47 Å². The highest BCUT2D eigenvalue weighted by Crippen LogP contribution is 2.65. The number of hydrogen-bond acceptors (Lipinski definition) is 4. The Kier molecular flexibility index (Phi) is 5.37. The van der Waals surface area contributed by atoms with Crippen LogP contribution < -0.4 is 0 Å². The lowest BCUT2D eigenvalue weighted by Crippen LogP contribution is -2.56. The minimum Gasteiger partial charge on any atom is -0.460 e. The van der Waals surface area contributed by atoms with Gasteiger partial charge in [0, 0.05) is 9.75 Å². The Labute approximate surface area is 223 Å². The van der Waals surface area contributed by atoms with Crippen LogP contribution in [0.3, 0.4) is 0 Å². The van der Waals surface area contributed by atoms with Crippen LogP contribution in [0.25, 0.3) is 0 Å². The number of esters is 2. The summed E-state index contributed by atoms with van der Waals surface area (Å²) in [6.45, 7) is 0.546. The predicted octanol–water partition coefficient (Wildman–Crippen LogP) is 6.93. The second-order valence-corrected chi connectivity index (χ2v) is 15.4. The minimum atomic E-state index is -0.376. The van der Waals surface area contributed by atoms with Crippen molar-refractivity contribution in [1.29, 1.82) is 0 Å². The van der Waals surface area contributed by atoms with Crippen LogP contribution in [0.2, 0.25) is 0 Å². The van der Waals surface area contributed by atoms with E-state index >= 15 is 0 Å². The highest BCUT2D eigenvalue weighted by atomic mass is 35.5. The zero-order chi connectivity index (χ0) is 24.8. The van der Waals surface area contributed by atoms with Crippen LogP contribution in [0.5, 0.6) is 0 Å². The molecule has 6 heteroatoms. The van der Waals surface area contributed by atoms with E-state index in [1.54, 1.807) is 0 Å². The van der Waals surface area contributed by atoms with Crippen LogP contribution in [0.4, 0.5) is 0 Å². The van der Waals surface area contributed by atoms with E-state index in [2.05, 4.69) is 0 Å². The molecule has 1 aromatic carbocycles. The van der Waals surface area contributed by atoms with Crippen molar-refractivity contribution in [2.75, 3.05) is 0 Å². The summed E-state index contributed by atoms with van der Waals surface area (Å²) in [5.74, 6) is 2.18. The molecule has 1 aromatic rings. The lowest BCUT2D eigenvalue weighted by molar-refractivity contribution is -0.172. The van der Waals surface area contributed by atoms with Crippen molar-refractivity contribution in [3.63, 3.8) is 0 Å². The molecule has 0 radical (unpaired) electrons. The van der Waals surface area contributed by atoms with Crippen molar-refractivity contribution in [1.82, 2.24) is 0 Å². The predicted molar refractivity (Wildman–Crippen MR) is 137 cm³/mol. The number of benzene rings is 1. The number of hydrogen-bond donors (Lipinski definition) is 0. The summed E-state index contributed by atoms with van der Waals surface area (Å²) in [6.07, 6.45) is 12.0. The summed E-state index contributed by atoms with van der Waals surface area (Å²) < 4.78 is 11.7. The molecule has 36 heavy (non-hydrogen) atoms. The second kappa shape index (κ2) is 8.12. The van der Waals surface area contributed by atoms with Gasteiger partial charge in [-0.1, -0.05) is 24.3 Å². The van der Waals surface area contributed by atoms with Crippen molar-refractivity contribution < 1.29 is 19.1 Å². The third-order valence-corrected chi connectivity index (χ3v) is 11.5. The molecule has 0 heterocycles. The van der Waals surface area contributed by atoms with Crippen molar-refractivity contribution in [3.8, 4) is 0 Å². The first-order valence-corrected chi connectivity index (χ1v) is 14.7. The monoisotopic (exact) mass is 530 g/mol. The zero-order valence-corrected chi connectivity index (χ0v) is 22.4. The molecule has 9 rings (SSSR count). The average Bonchev–Trinajstić information content (AvgIpc) is 2.78. The van der Waals surface area contributed by atoms with Gasteiger partial charge in [-0.25, -0.2) is 0 Å². The fourth-order valence-electron chi connectivity index (χ4n) is 10.1. The molecule has 0 unspecified atom stereocenters. The Morgan fingerprint density at radius 3 is 1.28 bits per heavy atom. The Morgan fingerprint density at radius 1 is 0.639 bits per heavy atom. The largest absolute Gasteiger partial charge is 0.460 e. The molecule has 194 valence electrons. The summed E-state index contributed by atoms with van der Waals surface area (Å²) in [5, 5.41) is 0. The molecule has 4 atom stereocenters. The van der Waals surface area contributed by atoms with Gasteiger partial charge in [0.1, 0.15) is 13.2 Å². The van der Waals surface area contributed by atoms with E-state index in [1.807, 2.05) is 24.3 Å². The maximum absolute atomic E-state index is 13.2. The van der Waals surface area contributed by atoms with Crippen LogP contribution >= 0.6 is 23.2 Å². The molecule has 0 spiro atoms. The van der Waals surface area contributed by atoms with Crippen LogP contribution in [-0.4, -0.2) is 21.7 Å². The summed E-state index contributed by atoms with van der Waals surface area (Å²) >= 11 is 13.8. The van der Waals surface area contributed by atoms with Gasteiger partial charge in [0.05, 0.1) is 10.8 Å². The highest BCUT2D eigenvalue weighted by molar-refractivity contribution is 6.24. The van der Waals surface area contributed by atoms with Crippen molar-refractivity contribution in [2.24, 2.45) is 34.5 Å². The number of rotatable bonds is 6. The molecular weight excluding hydrogens is 495 g/mol. The molecule has 8 aliphatic rings. The molecular formula is C30H36Cl2O4. The van der Waals surface area contributed by atoms with E-state index in [-0.39, 0.29) is 45.7 Å². The molecule has 0 aromatic heterocycles. The molecule has 8 bridgehead atoms. The fraction of sp³-hybridized carbons (Fsp3) is 0.733. The van der Waals surface area contributed by atoms with Crippen LogP contribution in [0.1, 0.15) is 88.2 Å². The van der Waals surface area contributed by atoms with Crippen molar-refractivity contribution in [3.05, 3.63) is 35.4 Å². The van der Waals surface area contributed by atoms with Crippen LogP contribution in [0, 0.1) is 34.5 Å². The Hall–Kier alpha value is -1.26. The number of alkyl halides is 2. The lowest BCUT2D eigenvalue weighted by atomic mass is 9.49. The smallest absolute Gasteiger partial charge is 0.312 e. The Balaban J connectivity index is 0.939. The van der Waals surface area contributed by atoms with E-state index in [0.717, 1.165) is 75.3 Å². The van der Waals surface area contributed by atoms with Gasteiger partial charge in [0.2, 0.25) is 0 Å². The van der Waals surface area contributed by atoms with Gasteiger partial charge in [-0.05, 0) is 112 Å². The summed E-state index contributed by atoms with van der Waals surface area (Å²) in [5.41, 5.74) is 1.15. The van der Waals surface area contributed by atoms with Crippen molar-refractivity contribution >= 4 is 35.1 Å². The van der Waals surface area contributed by atoms with E-state index in [1.165, 1.54) is 12.8 Å². The van der Waals surface area contributed by atoms with E-state index in [0.29, 0.717) is 23.7 Å². The van der Waals surface area contributed by atoms with Gasteiger partial charge in [-0.3, -0.25) is 9.59 Å². The first-order valence-electron chi connectivity index (χ1n) is 13.9. The Morgan fingerprint density at radius 2 is 0.972 bits per heavy atom. The average molecular weight is 532 g/mol. The maximum atomic E-state index is 13.2. The van der Waals surface area contributed by atoms with E-state index in [9.17, 15) is 9.59 Å². The number of ether oxygens (including phenoxy) is 2. The maximum Gasteiger partial charge on any atom is 0.312 e. The molecule has 0 N–H and O–H groups in total. The van der Waals surface area contributed by atoms with Crippen molar-refractivity contribution in [2.45, 2.75) is 100 Å². The number of carbonyl (C=O) groups is 2. The molecule has 0 amide bonds. The van der Waals surface area contributed by atoms with Gasteiger partial charge in [0.25, 0.3) is 0 Å². The van der Waals surface area contributed by atoms with E-state index < -0.39 is 0 Å². The highest BCUT2D eigenvalue weighted by Gasteiger charge is 2.62. The second-order valence-electron chi connectivity index (χ2n) is 13.8. The minimum absolute atomic E-state index is 0.0627. The molecule has 8 fully saturated rings. The normalized spacial score (nSPS) is 45.6. The Bertz CT molecular complexity index is 968. The molecule has 0 saturated heterocycles. The zero-order valence-electron chi connectivity index (χ0n) is 20.9. The van der Waals surface area contributed by atoms with Gasteiger partial charge in [-0.15, -0.1) is 23.2 Å².